The van der Waals surface area contributed by atoms with Crippen LogP contribution in [0.3, 0.4) is 0 Å². The molecule has 0 heterocycles. The standard InChI is InChI=1S/C16H13ClO4/c1-2-21-16(20)12-8-5-7-11(15(18)19)14(12)10-6-3-4-9-13(10)17/h3-9H,2H2,1H3,(H,18,19). The fraction of sp³-hybridized carbons (Fsp3) is 0.125. The predicted molar refractivity (Wildman–Crippen MR) is 79.8 cm³/mol. The monoisotopic (exact) mass is 304 g/mol. The SMILES string of the molecule is CCOC(=O)c1cccc(C(=O)O)c1-c1ccccc1Cl. The van der Waals surface area contributed by atoms with Gasteiger partial charge < -0.3 is 9.84 Å². The molecule has 0 aliphatic rings. The molecule has 0 fully saturated rings. The summed E-state index contributed by atoms with van der Waals surface area (Å²) in [6.07, 6.45) is 0. The summed E-state index contributed by atoms with van der Waals surface area (Å²) < 4.78 is 4.99. The van der Waals surface area contributed by atoms with E-state index in [-0.39, 0.29) is 23.3 Å². The minimum atomic E-state index is -1.13. The van der Waals surface area contributed by atoms with Crippen molar-refractivity contribution in [3.8, 4) is 11.1 Å². The summed E-state index contributed by atoms with van der Waals surface area (Å²) in [5, 5.41) is 9.73. The van der Waals surface area contributed by atoms with Crippen LogP contribution in [0.1, 0.15) is 27.6 Å². The number of aromatic carboxylic acids is 1. The maximum Gasteiger partial charge on any atom is 0.338 e. The van der Waals surface area contributed by atoms with Crippen LogP contribution in [0, 0.1) is 0 Å². The summed E-state index contributed by atoms with van der Waals surface area (Å²) in [5.41, 5.74) is 0.952. The molecule has 0 spiro atoms. The molecule has 21 heavy (non-hydrogen) atoms. The molecule has 2 rings (SSSR count). The topological polar surface area (TPSA) is 63.6 Å². The summed E-state index contributed by atoms with van der Waals surface area (Å²) in [6.45, 7) is 1.90. The van der Waals surface area contributed by atoms with E-state index in [1.807, 2.05) is 0 Å². The van der Waals surface area contributed by atoms with Crippen LogP contribution in [0.4, 0.5) is 0 Å². The van der Waals surface area contributed by atoms with Gasteiger partial charge in [0.2, 0.25) is 0 Å². The lowest BCUT2D eigenvalue weighted by atomic mass is 9.94. The Kier molecular flexibility index (Phi) is 4.60. The second-order valence-corrected chi connectivity index (χ2v) is 4.64. The molecule has 0 saturated heterocycles. The van der Waals surface area contributed by atoms with Gasteiger partial charge in [-0.05, 0) is 25.1 Å². The lowest BCUT2D eigenvalue weighted by molar-refractivity contribution is 0.0527. The Morgan fingerprint density at radius 2 is 1.76 bits per heavy atom. The summed E-state index contributed by atoms with van der Waals surface area (Å²) in [6, 6.07) is 11.3. The van der Waals surface area contributed by atoms with Gasteiger partial charge in [-0.25, -0.2) is 9.59 Å². The lowest BCUT2D eigenvalue weighted by Gasteiger charge is -2.13. The van der Waals surface area contributed by atoms with E-state index in [9.17, 15) is 14.7 Å². The first-order valence-electron chi connectivity index (χ1n) is 6.34. The van der Waals surface area contributed by atoms with E-state index in [4.69, 9.17) is 16.3 Å². The zero-order valence-corrected chi connectivity index (χ0v) is 12.1. The number of ether oxygens (including phenoxy) is 1. The van der Waals surface area contributed by atoms with E-state index < -0.39 is 11.9 Å². The van der Waals surface area contributed by atoms with Crippen LogP contribution < -0.4 is 0 Å². The van der Waals surface area contributed by atoms with Crippen LogP contribution in [0.5, 0.6) is 0 Å². The van der Waals surface area contributed by atoms with Crippen molar-refractivity contribution >= 4 is 23.5 Å². The Labute approximate surface area is 126 Å². The van der Waals surface area contributed by atoms with Gasteiger partial charge in [0.15, 0.2) is 0 Å². The van der Waals surface area contributed by atoms with Crippen molar-refractivity contribution in [1.82, 2.24) is 0 Å². The zero-order valence-electron chi connectivity index (χ0n) is 11.3. The van der Waals surface area contributed by atoms with Crippen LogP contribution in [0.2, 0.25) is 5.02 Å². The van der Waals surface area contributed by atoms with E-state index in [1.54, 1.807) is 31.2 Å². The third kappa shape index (κ3) is 3.06. The predicted octanol–water partition coefficient (Wildman–Crippen LogP) is 3.88. The number of hydrogen-bond acceptors (Lipinski definition) is 3. The van der Waals surface area contributed by atoms with Crippen molar-refractivity contribution in [3.05, 3.63) is 58.6 Å². The molecule has 0 aromatic heterocycles. The van der Waals surface area contributed by atoms with Gasteiger partial charge in [0.25, 0.3) is 0 Å². The van der Waals surface area contributed by atoms with E-state index in [1.165, 1.54) is 18.2 Å². The van der Waals surface area contributed by atoms with E-state index >= 15 is 0 Å². The first-order chi connectivity index (χ1) is 10.1. The van der Waals surface area contributed by atoms with Crippen molar-refractivity contribution in [3.63, 3.8) is 0 Å². The molecule has 2 aromatic rings. The molecule has 0 radical (unpaired) electrons. The number of carbonyl (C=O) groups excluding carboxylic acids is 1. The molecule has 2 aromatic carbocycles. The molecule has 0 amide bonds. The van der Waals surface area contributed by atoms with E-state index in [0.717, 1.165) is 0 Å². The minimum absolute atomic E-state index is 0.00801. The number of rotatable bonds is 4. The third-order valence-electron chi connectivity index (χ3n) is 2.93. The van der Waals surface area contributed by atoms with Crippen LogP contribution in [0.15, 0.2) is 42.5 Å². The van der Waals surface area contributed by atoms with Crippen LogP contribution in [-0.2, 0) is 4.74 Å². The van der Waals surface area contributed by atoms with Gasteiger partial charge in [-0.2, -0.15) is 0 Å². The van der Waals surface area contributed by atoms with E-state index in [0.29, 0.717) is 10.6 Å². The molecule has 0 aliphatic carbocycles. The highest BCUT2D eigenvalue weighted by atomic mass is 35.5. The smallest absolute Gasteiger partial charge is 0.338 e. The number of esters is 1. The molecule has 0 aliphatic heterocycles. The summed E-state index contributed by atoms with van der Waals surface area (Å²) in [4.78, 5) is 23.5. The number of benzene rings is 2. The van der Waals surface area contributed by atoms with Crippen LogP contribution >= 0.6 is 11.6 Å². The first-order valence-corrected chi connectivity index (χ1v) is 6.72. The fourth-order valence-electron chi connectivity index (χ4n) is 2.06. The molecule has 108 valence electrons. The van der Waals surface area contributed by atoms with Crippen molar-refractivity contribution in [2.45, 2.75) is 6.92 Å². The Morgan fingerprint density at radius 3 is 2.38 bits per heavy atom. The van der Waals surface area contributed by atoms with Crippen molar-refractivity contribution in [2.75, 3.05) is 6.61 Å². The largest absolute Gasteiger partial charge is 0.478 e. The highest BCUT2D eigenvalue weighted by Crippen LogP contribution is 2.33. The molecule has 1 N–H and O–H groups in total. The second-order valence-electron chi connectivity index (χ2n) is 4.23. The second kappa shape index (κ2) is 6.41. The van der Waals surface area contributed by atoms with Gasteiger partial charge in [-0.15, -0.1) is 0 Å². The Hall–Kier alpha value is -2.33. The maximum absolute atomic E-state index is 12.1. The van der Waals surface area contributed by atoms with Crippen molar-refractivity contribution < 1.29 is 19.4 Å². The summed E-state index contributed by atoms with van der Waals surface area (Å²) in [5.74, 6) is -1.70. The van der Waals surface area contributed by atoms with Gasteiger partial charge in [0.05, 0.1) is 17.7 Å². The number of halogens is 1. The Bertz CT molecular complexity index is 694. The molecule has 0 bridgehead atoms. The molecular formula is C16H13ClO4. The molecule has 5 heteroatoms. The van der Waals surface area contributed by atoms with Crippen LogP contribution in [-0.4, -0.2) is 23.7 Å². The van der Waals surface area contributed by atoms with Crippen molar-refractivity contribution in [1.29, 1.82) is 0 Å². The summed E-state index contributed by atoms with van der Waals surface area (Å²) >= 11 is 6.14. The molecular weight excluding hydrogens is 292 g/mol. The van der Waals surface area contributed by atoms with Gasteiger partial charge >= 0.3 is 11.9 Å². The highest BCUT2D eigenvalue weighted by Gasteiger charge is 2.22. The maximum atomic E-state index is 12.1. The molecule has 0 atom stereocenters. The fourth-order valence-corrected chi connectivity index (χ4v) is 2.29. The normalized spacial score (nSPS) is 10.2. The van der Waals surface area contributed by atoms with Crippen LogP contribution in [0.25, 0.3) is 11.1 Å². The van der Waals surface area contributed by atoms with Gasteiger partial charge in [-0.3, -0.25) is 0 Å². The van der Waals surface area contributed by atoms with Gasteiger partial charge in [0.1, 0.15) is 0 Å². The zero-order chi connectivity index (χ0) is 15.4. The molecule has 0 saturated carbocycles. The van der Waals surface area contributed by atoms with E-state index in [2.05, 4.69) is 0 Å². The Balaban J connectivity index is 2.74. The van der Waals surface area contributed by atoms with Gasteiger partial charge in [0, 0.05) is 16.1 Å². The average molecular weight is 305 g/mol. The summed E-state index contributed by atoms with van der Waals surface area (Å²) in [7, 11) is 0. The van der Waals surface area contributed by atoms with Gasteiger partial charge in [-0.1, -0.05) is 35.9 Å². The minimum Gasteiger partial charge on any atom is -0.478 e. The van der Waals surface area contributed by atoms with Crippen molar-refractivity contribution in [2.24, 2.45) is 0 Å². The number of carboxylic acids is 1. The highest BCUT2D eigenvalue weighted by molar-refractivity contribution is 6.33. The Morgan fingerprint density at radius 1 is 1.10 bits per heavy atom. The molecule has 0 unspecified atom stereocenters. The average Bonchev–Trinajstić information content (AvgIpc) is 2.47. The number of carbonyl (C=O) groups is 2. The third-order valence-corrected chi connectivity index (χ3v) is 3.26. The first kappa shape index (κ1) is 15.1. The molecule has 4 nitrogen and oxygen atoms in total. The number of carboxylic acid groups (broad SMARTS) is 1. The quantitative estimate of drug-likeness (QED) is 0.871. The number of hydrogen-bond donors (Lipinski definition) is 1. The lowest BCUT2D eigenvalue weighted by Crippen LogP contribution is -2.10.